The normalized spacial score (nSPS) is 19.9. The van der Waals surface area contributed by atoms with Crippen LogP contribution in [0.1, 0.15) is 30.1 Å². The molecule has 228 valence electrons. The Morgan fingerprint density at radius 3 is 2.49 bits per heavy atom. The van der Waals surface area contributed by atoms with Gasteiger partial charge in [0, 0.05) is 18.5 Å². The van der Waals surface area contributed by atoms with Crippen molar-refractivity contribution in [1.82, 2.24) is 16.0 Å². The Hall–Kier alpha value is -4.67. The molecule has 0 spiro atoms. The first-order valence-electron chi connectivity index (χ1n) is 13.2. The zero-order valence-electron chi connectivity index (χ0n) is 23.0. The third-order valence-electron chi connectivity index (χ3n) is 6.83. The second-order valence-corrected chi connectivity index (χ2v) is 11.2. The number of carbonyl (C=O) groups is 7. The van der Waals surface area contributed by atoms with E-state index in [1.165, 1.54) is 18.2 Å². The van der Waals surface area contributed by atoms with Crippen molar-refractivity contribution in [2.45, 2.75) is 37.4 Å². The summed E-state index contributed by atoms with van der Waals surface area (Å²) in [6.07, 6.45) is -0.224. The van der Waals surface area contributed by atoms with Crippen LogP contribution < -0.4 is 31.1 Å². The van der Waals surface area contributed by atoms with Gasteiger partial charge in [-0.1, -0.05) is 12.1 Å². The van der Waals surface area contributed by atoms with Crippen LogP contribution in [0.4, 0.5) is 16.4 Å². The number of para-hydroxylation sites is 2. The third-order valence-corrected chi connectivity index (χ3v) is 7.66. The predicted molar refractivity (Wildman–Crippen MR) is 154 cm³/mol. The maximum absolute atomic E-state index is 13.9. The molecule has 16 heteroatoms. The van der Waals surface area contributed by atoms with Gasteiger partial charge in [-0.15, -0.1) is 11.3 Å². The fourth-order valence-electron chi connectivity index (χ4n) is 4.52. The lowest BCUT2D eigenvalue weighted by Gasteiger charge is -2.25. The number of aldehydes is 1. The van der Waals surface area contributed by atoms with E-state index in [9.17, 15) is 38.7 Å². The quantitative estimate of drug-likeness (QED) is 0.127. The van der Waals surface area contributed by atoms with Gasteiger partial charge in [-0.25, -0.2) is 0 Å². The van der Waals surface area contributed by atoms with Gasteiger partial charge in [0.2, 0.25) is 11.8 Å². The van der Waals surface area contributed by atoms with Gasteiger partial charge in [-0.3, -0.25) is 33.7 Å². The van der Waals surface area contributed by atoms with Crippen molar-refractivity contribution in [3.05, 3.63) is 41.3 Å². The average Bonchev–Trinajstić information content (AvgIpc) is 3.53. The Kier molecular flexibility index (Phi) is 9.53. The molecule has 1 aromatic carbocycles. The zero-order chi connectivity index (χ0) is 31.3. The monoisotopic (exact) mass is 614 g/mol. The van der Waals surface area contributed by atoms with Gasteiger partial charge in [0.25, 0.3) is 17.7 Å². The molecule has 0 aliphatic carbocycles. The van der Waals surface area contributed by atoms with Crippen LogP contribution in [-0.2, 0) is 28.8 Å². The van der Waals surface area contributed by atoms with Crippen molar-refractivity contribution in [3.8, 4) is 0 Å². The summed E-state index contributed by atoms with van der Waals surface area (Å²) in [5.74, 6) is -4.80. The number of aliphatic hydroxyl groups is 1. The van der Waals surface area contributed by atoms with Gasteiger partial charge < -0.3 is 41.2 Å². The SMILES string of the molecule is CC1(CC(=O)Nc2sccc2C(=O)N[C@H]2CN(C(=O)CO)c3ccccc3N(CC(=O)N[C@H](C=O)CC(=O)O)C2=O)CN1. The second kappa shape index (κ2) is 13.1. The van der Waals surface area contributed by atoms with Gasteiger partial charge in [0.15, 0.2) is 0 Å². The van der Waals surface area contributed by atoms with Crippen LogP contribution >= 0.6 is 11.3 Å². The van der Waals surface area contributed by atoms with E-state index >= 15 is 0 Å². The summed E-state index contributed by atoms with van der Waals surface area (Å²) in [6.45, 7) is 0.595. The van der Waals surface area contributed by atoms with Crippen LogP contribution in [0.25, 0.3) is 0 Å². The fraction of sp³-hybridized carbons (Fsp3) is 0.370. The highest BCUT2D eigenvalue weighted by atomic mass is 32.1. The van der Waals surface area contributed by atoms with Crippen LogP contribution in [0.3, 0.4) is 0 Å². The van der Waals surface area contributed by atoms with Crippen molar-refractivity contribution in [2.24, 2.45) is 0 Å². The number of thiophene rings is 1. The summed E-state index contributed by atoms with van der Waals surface area (Å²) in [4.78, 5) is 89.8. The molecule has 1 fully saturated rings. The van der Waals surface area contributed by atoms with Gasteiger partial charge >= 0.3 is 5.97 Å². The zero-order valence-corrected chi connectivity index (χ0v) is 23.8. The summed E-state index contributed by atoms with van der Waals surface area (Å²) in [6, 6.07) is 4.77. The molecular formula is C27H30N6O9S. The molecule has 1 saturated heterocycles. The van der Waals surface area contributed by atoms with E-state index in [4.69, 9.17) is 5.11 Å². The molecule has 1 aromatic heterocycles. The lowest BCUT2D eigenvalue weighted by atomic mass is 10.1. The van der Waals surface area contributed by atoms with Crippen molar-refractivity contribution in [2.75, 3.05) is 41.4 Å². The van der Waals surface area contributed by atoms with Crippen LogP contribution in [0, 0.1) is 0 Å². The van der Waals surface area contributed by atoms with Crippen LogP contribution in [0.2, 0.25) is 0 Å². The molecule has 5 amide bonds. The van der Waals surface area contributed by atoms with E-state index in [1.807, 2.05) is 6.92 Å². The van der Waals surface area contributed by atoms with Crippen LogP contribution in [0.5, 0.6) is 0 Å². The molecule has 3 heterocycles. The van der Waals surface area contributed by atoms with Crippen LogP contribution in [0.15, 0.2) is 35.7 Å². The second-order valence-electron chi connectivity index (χ2n) is 10.3. The maximum atomic E-state index is 13.9. The molecule has 1 unspecified atom stereocenters. The lowest BCUT2D eigenvalue weighted by molar-refractivity contribution is -0.139. The molecular weight excluding hydrogens is 584 g/mol. The van der Waals surface area contributed by atoms with E-state index < -0.39 is 67.8 Å². The number of aliphatic carboxylic acids is 1. The van der Waals surface area contributed by atoms with Crippen molar-refractivity contribution >= 4 is 69.5 Å². The minimum absolute atomic E-state index is 0.0774. The first kappa shape index (κ1) is 31.3. The van der Waals surface area contributed by atoms with Gasteiger partial charge in [-0.2, -0.15) is 0 Å². The third kappa shape index (κ3) is 7.59. The standard InChI is InChI=1S/C27H30N6O9S/c1-27(14-28-27)9-20(36)31-25-16(6-7-43-25)24(41)30-17-10-32(22(38)13-35)18-4-2-3-5-19(18)33(26(17)42)11-21(37)29-15(12-34)8-23(39)40/h2-7,12,15,17,28,35H,8-11,13-14H2,1H3,(H,29,37)(H,30,41)(H,31,36)(H,39,40)/t15-,17-,27?/m0/s1. The van der Waals surface area contributed by atoms with Gasteiger partial charge in [0.1, 0.15) is 30.5 Å². The summed E-state index contributed by atoms with van der Waals surface area (Å²) in [5.41, 5.74) is 0.0487. The molecule has 4 rings (SSSR count). The highest BCUT2D eigenvalue weighted by Gasteiger charge is 2.40. The summed E-state index contributed by atoms with van der Waals surface area (Å²) >= 11 is 1.11. The fourth-order valence-corrected chi connectivity index (χ4v) is 5.32. The number of rotatable bonds is 12. The molecule has 0 bridgehead atoms. The number of nitrogens with zero attached hydrogens (tertiary/aromatic N) is 2. The number of carbonyl (C=O) groups excluding carboxylic acids is 6. The Balaban J connectivity index is 1.60. The van der Waals surface area contributed by atoms with Crippen LogP contribution in [-0.4, -0.2) is 95.9 Å². The molecule has 2 aliphatic rings. The van der Waals surface area contributed by atoms with Crippen molar-refractivity contribution in [1.29, 1.82) is 0 Å². The van der Waals surface area contributed by atoms with E-state index in [2.05, 4.69) is 21.3 Å². The minimum Gasteiger partial charge on any atom is -0.481 e. The number of hydrogen-bond acceptors (Lipinski definition) is 10. The van der Waals surface area contributed by atoms with E-state index in [1.54, 1.807) is 17.5 Å². The summed E-state index contributed by atoms with van der Waals surface area (Å²) in [5, 5.41) is 31.1. The number of aliphatic hydroxyl groups excluding tert-OH is 1. The molecule has 0 saturated carbocycles. The van der Waals surface area contributed by atoms with Gasteiger partial charge in [0.05, 0.1) is 35.9 Å². The average molecular weight is 615 g/mol. The number of anilines is 3. The van der Waals surface area contributed by atoms with E-state index in [0.717, 1.165) is 21.1 Å². The number of amides is 5. The number of carboxylic acid groups (broad SMARTS) is 1. The molecule has 3 atom stereocenters. The number of carboxylic acids is 1. The molecule has 0 radical (unpaired) electrons. The van der Waals surface area contributed by atoms with E-state index in [0.29, 0.717) is 6.54 Å². The van der Waals surface area contributed by atoms with Crippen molar-refractivity contribution in [3.63, 3.8) is 0 Å². The smallest absolute Gasteiger partial charge is 0.305 e. The lowest BCUT2D eigenvalue weighted by Crippen LogP contribution is -2.55. The van der Waals surface area contributed by atoms with Crippen molar-refractivity contribution < 1.29 is 43.8 Å². The number of fused-ring (bicyclic) bond motifs is 1. The van der Waals surface area contributed by atoms with Gasteiger partial charge in [-0.05, 0) is 30.5 Å². The Morgan fingerprint density at radius 2 is 1.86 bits per heavy atom. The largest absolute Gasteiger partial charge is 0.481 e. The molecule has 6 N–H and O–H groups in total. The topological polar surface area (TPSA) is 224 Å². The highest BCUT2D eigenvalue weighted by Crippen LogP contribution is 2.33. The Bertz CT molecular complexity index is 1460. The molecule has 43 heavy (non-hydrogen) atoms. The molecule has 15 nitrogen and oxygen atoms in total. The number of nitrogens with one attached hydrogen (secondary N) is 4. The summed E-state index contributed by atoms with van der Waals surface area (Å²) in [7, 11) is 0. The van der Waals surface area contributed by atoms with E-state index in [-0.39, 0.29) is 46.1 Å². The minimum atomic E-state index is -1.41. The Morgan fingerprint density at radius 1 is 1.16 bits per heavy atom. The Labute approximate surface area is 249 Å². The molecule has 2 aliphatic heterocycles. The first-order valence-corrected chi connectivity index (χ1v) is 14.0. The first-order chi connectivity index (χ1) is 20.4. The molecule has 2 aromatic rings. The number of hydrogen-bond donors (Lipinski definition) is 6. The number of benzene rings is 1. The predicted octanol–water partition coefficient (Wildman–Crippen LogP) is -0.932. The summed E-state index contributed by atoms with van der Waals surface area (Å²) < 4.78 is 0. The maximum Gasteiger partial charge on any atom is 0.305 e. The highest BCUT2D eigenvalue weighted by molar-refractivity contribution is 7.14.